The van der Waals surface area contributed by atoms with Gasteiger partial charge in [-0.1, -0.05) is 112 Å². The molecule has 3 nitrogen and oxygen atoms in total. The number of nitrogens with zero attached hydrogens (tertiary/aromatic N) is 3. The summed E-state index contributed by atoms with van der Waals surface area (Å²) >= 11 is 0. The summed E-state index contributed by atoms with van der Waals surface area (Å²) in [7, 11) is 0. The van der Waals surface area contributed by atoms with Gasteiger partial charge in [0.25, 0.3) is 0 Å². The predicted octanol–water partition coefficient (Wildman–Crippen LogP) is 15.7. The number of hydrogen-bond donors (Lipinski definition) is 0. The van der Waals surface area contributed by atoms with Crippen molar-refractivity contribution in [3.63, 3.8) is 0 Å². The molecule has 0 radical (unpaired) electrons. The van der Waals surface area contributed by atoms with E-state index in [1.54, 1.807) is 0 Å². The molecule has 9 rings (SSSR count). The van der Waals surface area contributed by atoms with Crippen molar-refractivity contribution in [1.29, 1.82) is 0 Å². The van der Waals surface area contributed by atoms with Crippen LogP contribution in [-0.2, 0) is 45.3 Å². The van der Waals surface area contributed by atoms with Crippen LogP contribution in [0.3, 0.4) is 0 Å². The van der Waals surface area contributed by atoms with Crippen LogP contribution in [0.5, 0.6) is 0 Å². The van der Waals surface area contributed by atoms with Crippen LogP contribution < -0.4 is 0 Å². The lowest BCUT2D eigenvalue weighted by Crippen LogP contribution is -2.37. The highest BCUT2D eigenvalue weighted by molar-refractivity contribution is 5.68. The van der Waals surface area contributed by atoms with Gasteiger partial charge in [-0.2, -0.15) is 0 Å². The number of pyridine rings is 3. The number of aryl methyl sites for hydroxylation is 4. The summed E-state index contributed by atoms with van der Waals surface area (Å²) in [6.07, 6.45) is 16.5. The van der Waals surface area contributed by atoms with Crippen LogP contribution in [0.4, 0.5) is 0 Å². The Labute approximate surface area is 386 Å². The maximum absolute atomic E-state index is 5.26. The van der Waals surface area contributed by atoms with E-state index < -0.39 is 0 Å². The molecule has 0 aliphatic heterocycles. The van der Waals surface area contributed by atoms with Crippen molar-refractivity contribution in [3.05, 3.63) is 159 Å². The van der Waals surface area contributed by atoms with E-state index in [1.807, 2.05) is 6.20 Å². The Bertz CT molecular complexity index is 2780. The summed E-state index contributed by atoms with van der Waals surface area (Å²) in [5.74, 6) is 0. The first-order valence-corrected chi connectivity index (χ1v) is 24.4. The van der Waals surface area contributed by atoms with Crippen LogP contribution in [0.2, 0.25) is 0 Å². The Kier molecular flexibility index (Phi) is 10.8. The second-order valence-electron chi connectivity index (χ2n) is 23.8. The number of rotatable bonds is 8. The Hall–Kier alpha value is -4.89. The monoisotopic (exact) mass is 848 g/mol. The molecule has 3 aromatic carbocycles. The molecule has 0 fully saturated rings. The zero-order chi connectivity index (χ0) is 45.6. The predicted molar refractivity (Wildman–Crippen MR) is 270 cm³/mol. The molecule has 3 aromatic heterocycles. The van der Waals surface area contributed by atoms with Crippen LogP contribution in [0.25, 0.3) is 33.8 Å². The van der Waals surface area contributed by atoms with E-state index >= 15 is 0 Å². The van der Waals surface area contributed by atoms with Gasteiger partial charge in [0.15, 0.2) is 0 Å². The Morgan fingerprint density at radius 3 is 1.56 bits per heavy atom. The molecule has 2 unspecified atom stereocenters. The molecule has 0 amide bonds. The highest BCUT2D eigenvalue weighted by atomic mass is 14.7. The maximum atomic E-state index is 5.26. The van der Waals surface area contributed by atoms with Crippen molar-refractivity contribution in [2.45, 2.75) is 180 Å². The minimum atomic E-state index is 0.0342. The fraction of sp³-hybridized carbons (Fsp3) is 0.459. The number of aromatic nitrogens is 3. The van der Waals surface area contributed by atoms with E-state index in [1.165, 1.54) is 104 Å². The van der Waals surface area contributed by atoms with E-state index in [9.17, 15) is 0 Å². The molecule has 3 aliphatic rings. The van der Waals surface area contributed by atoms with Crippen molar-refractivity contribution >= 4 is 0 Å². The first-order valence-electron chi connectivity index (χ1n) is 24.4. The van der Waals surface area contributed by atoms with Crippen molar-refractivity contribution in [2.75, 3.05) is 0 Å². The third kappa shape index (κ3) is 7.98. The normalized spacial score (nSPS) is 22.6. The summed E-state index contributed by atoms with van der Waals surface area (Å²) in [5.41, 5.74) is 23.1. The lowest BCUT2D eigenvalue weighted by atomic mass is 9.60. The van der Waals surface area contributed by atoms with E-state index in [0.29, 0.717) is 0 Å². The van der Waals surface area contributed by atoms with Gasteiger partial charge in [0.2, 0.25) is 0 Å². The van der Waals surface area contributed by atoms with Crippen LogP contribution in [-0.4, -0.2) is 15.0 Å². The highest BCUT2D eigenvalue weighted by Gasteiger charge is 2.42. The number of hydrogen-bond acceptors (Lipinski definition) is 3. The molecule has 3 heterocycles. The molecule has 2 atom stereocenters. The third-order valence-corrected chi connectivity index (χ3v) is 16.9. The summed E-state index contributed by atoms with van der Waals surface area (Å²) in [6, 6.07) is 30.6. The Morgan fingerprint density at radius 1 is 0.438 bits per heavy atom. The zero-order valence-corrected chi connectivity index (χ0v) is 41.4. The molecular weight excluding hydrogens is 775 g/mol. The van der Waals surface area contributed by atoms with Crippen molar-refractivity contribution in [3.8, 4) is 33.8 Å². The standard InChI is InChI=1S/C61H73N3/c1-39-21-29-62-53(30-39)43-15-18-49-51(34-43)59(10,11)26-28-61(49,13)36-42-31-41(3)55(64-37-42)45-16-19-48-52(35-45)58(8,9)25-27-60(48,12)22-20-46-38-63-54(32-40(46)2)44-14-17-47-50(33-44)57(6,7)24-23-56(47,4)5/h14-19,21,29-35,37-38H,20,22-28,36H2,1-13H3. The fourth-order valence-electron chi connectivity index (χ4n) is 12.1. The highest BCUT2D eigenvalue weighted by Crippen LogP contribution is 2.51. The number of benzene rings is 3. The SMILES string of the molecule is Cc1ccnc(-c2ccc3c(c2)C(C)(C)CCC3(C)Cc2cnc(-c3ccc4c(c3)C(C)(C)CCC4(C)CCc3cnc(-c4ccc5c(c4)C(C)(C)CCC5(C)C)cc3C)c(C)c2)c1. The van der Waals surface area contributed by atoms with Gasteiger partial charge in [-0.05, 0) is 209 Å². The molecule has 0 saturated heterocycles. The van der Waals surface area contributed by atoms with Gasteiger partial charge in [-0.25, -0.2) is 0 Å². The van der Waals surface area contributed by atoms with E-state index in [4.69, 9.17) is 15.0 Å². The molecule has 0 N–H and O–H groups in total. The molecule has 332 valence electrons. The topological polar surface area (TPSA) is 38.7 Å². The molecule has 3 heteroatoms. The molecule has 0 spiro atoms. The van der Waals surface area contributed by atoms with Crippen LogP contribution in [0.15, 0.2) is 97.5 Å². The maximum Gasteiger partial charge on any atom is 0.0731 e. The van der Waals surface area contributed by atoms with Crippen LogP contribution in [0.1, 0.15) is 175 Å². The van der Waals surface area contributed by atoms with Crippen molar-refractivity contribution < 1.29 is 0 Å². The van der Waals surface area contributed by atoms with Gasteiger partial charge in [-0.3, -0.25) is 15.0 Å². The Morgan fingerprint density at radius 2 is 0.953 bits per heavy atom. The summed E-state index contributed by atoms with van der Waals surface area (Å²) in [6.45, 7) is 31.0. The third-order valence-electron chi connectivity index (χ3n) is 16.9. The van der Waals surface area contributed by atoms with E-state index in [-0.39, 0.29) is 32.5 Å². The Balaban J connectivity index is 0.938. The largest absolute Gasteiger partial charge is 0.256 e. The van der Waals surface area contributed by atoms with Gasteiger partial charge in [0.1, 0.15) is 0 Å². The minimum Gasteiger partial charge on any atom is -0.256 e. The average molecular weight is 848 g/mol. The van der Waals surface area contributed by atoms with E-state index in [2.05, 4.69) is 181 Å². The molecule has 3 aliphatic carbocycles. The summed E-state index contributed by atoms with van der Waals surface area (Å²) in [4.78, 5) is 15.1. The smallest absolute Gasteiger partial charge is 0.0731 e. The first-order chi connectivity index (χ1) is 30.1. The van der Waals surface area contributed by atoms with Crippen LogP contribution >= 0.6 is 0 Å². The van der Waals surface area contributed by atoms with Gasteiger partial charge in [0, 0.05) is 35.3 Å². The fourth-order valence-corrected chi connectivity index (χ4v) is 12.1. The minimum absolute atomic E-state index is 0.0342. The van der Waals surface area contributed by atoms with E-state index in [0.717, 1.165) is 49.2 Å². The molecule has 0 bridgehead atoms. The zero-order valence-electron chi connectivity index (χ0n) is 41.4. The second-order valence-corrected chi connectivity index (χ2v) is 23.8. The van der Waals surface area contributed by atoms with Crippen LogP contribution in [0, 0.1) is 20.8 Å². The van der Waals surface area contributed by atoms with Gasteiger partial charge < -0.3 is 0 Å². The molecule has 64 heavy (non-hydrogen) atoms. The second kappa shape index (κ2) is 15.6. The lowest BCUT2D eigenvalue weighted by Gasteiger charge is -2.44. The average Bonchev–Trinajstić information content (AvgIpc) is 3.25. The first kappa shape index (κ1) is 44.3. The van der Waals surface area contributed by atoms with Crippen molar-refractivity contribution in [2.24, 2.45) is 0 Å². The van der Waals surface area contributed by atoms with Gasteiger partial charge in [0.05, 0.1) is 17.1 Å². The van der Waals surface area contributed by atoms with Gasteiger partial charge in [-0.15, -0.1) is 0 Å². The summed E-state index contributed by atoms with van der Waals surface area (Å²) in [5, 5.41) is 0. The molecule has 6 aromatic rings. The van der Waals surface area contributed by atoms with Crippen molar-refractivity contribution in [1.82, 2.24) is 15.0 Å². The van der Waals surface area contributed by atoms with Gasteiger partial charge >= 0.3 is 0 Å². The quantitative estimate of drug-likeness (QED) is 0.153. The lowest BCUT2D eigenvalue weighted by molar-refractivity contribution is 0.297. The number of fused-ring (bicyclic) bond motifs is 3. The summed E-state index contributed by atoms with van der Waals surface area (Å²) < 4.78 is 0. The molecular formula is C61H73N3. The molecule has 0 saturated carbocycles.